The van der Waals surface area contributed by atoms with Gasteiger partial charge in [0.1, 0.15) is 5.75 Å². The van der Waals surface area contributed by atoms with Crippen molar-refractivity contribution in [1.29, 1.82) is 0 Å². The van der Waals surface area contributed by atoms with E-state index >= 15 is 0 Å². The molecular weight excluding hydrogens is 386 g/mol. The van der Waals surface area contributed by atoms with E-state index in [1.807, 2.05) is 42.5 Å². The van der Waals surface area contributed by atoms with E-state index in [0.29, 0.717) is 22.9 Å². The van der Waals surface area contributed by atoms with Crippen molar-refractivity contribution in [2.45, 2.75) is 9.79 Å². The normalized spacial score (nSPS) is 12.4. The maximum atomic E-state index is 6.22. The molecule has 2 aromatic carbocycles. The predicted octanol–water partition coefficient (Wildman–Crippen LogP) is 4.89. The maximum Gasteiger partial charge on any atom is 0.218 e. The first-order chi connectivity index (χ1) is 14.3. The summed E-state index contributed by atoms with van der Waals surface area (Å²) in [6.45, 7) is 0. The number of aromatic nitrogens is 4. The molecule has 0 atom stereocenters. The molecule has 0 fully saturated rings. The van der Waals surface area contributed by atoms with E-state index in [4.69, 9.17) is 14.9 Å². The molecule has 29 heavy (non-hydrogen) atoms. The van der Waals surface area contributed by atoms with Gasteiger partial charge in [-0.05, 0) is 36.4 Å². The van der Waals surface area contributed by atoms with Crippen LogP contribution < -0.4 is 10.5 Å². The van der Waals surface area contributed by atoms with Crippen LogP contribution in [0.1, 0.15) is 0 Å². The highest BCUT2D eigenvalue weighted by Gasteiger charge is 2.22. The zero-order valence-corrected chi connectivity index (χ0v) is 15.8. The molecule has 1 aliphatic rings. The van der Waals surface area contributed by atoms with Crippen LogP contribution in [0.4, 0.5) is 5.82 Å². The Balaban J connectivity index is 1.50. The largest absolute Gasteiger partial charge is 0.461 e. The summed E-state index contributed by atoms with van der Waals surface area (Å²) >= 11 is 1.67. The molecule has 0 radical (unpaired) electrons. The van der Waals surface area contributed by atoms with Gasteiger partial charge in [-0.2, -0.15) is 0 Å². The highest BCUT2D eigenvalue weighted by molar-refractivity contribution is 7.99. The minimum Gasteiger partial charge on any atom is -0.461 e. The molecule has 3 aromatic heterocycles. The molecule has 0 bridgehead atoms. The van der Waals surface area contributed by atoms with Gasteiger partial charge < -0.3 is 14.9 Å². The second-order valence-corrected chi connectivity index (χ2v) is 7.56. The number of ether oxygens (including phenoxy) is 1. The van der Waals surface area contributed by atoms with E-state index in [2.05, 4.69) is 15.1 Å². The highest BCUT2D eigenvalue weighted by atomic mass is 32.2. The fourth-order valence-corrected chi connectivity index (χ4v) is 4.29. The average molecular weight is 399 g/mol. The zero-order valence-electron chi connectivity index (χ0n) is 14.9. The second kappa shape index (κ2) is 6.11. The van der Waals surface area contributed by atoms with Gasteiger partial charge in [-0.3, -0.25) is 0 Å². The predicted molar refractivity (Wildman–Crippen MR) is 109 cm³/mol. The fraction of sp³-hybridized carbons (Fsp3) is 0. The summed E-state index contributed by atoms with van der Waals surface area (Å²) in [4.78, 5) is 11.1. The second-order valence-electron chi connectivity index (χ2n) is 6.48. The van der Waals surface area contributed by atoms with Gasteiger partial charge in [0.05, 0.1) is 27.9 Å². The van der Waals surface area contributed by atoms with E-state index < -0.39 is 0 Å². The molecule has 0 unspecified atom stereocenters. The van der Waals surface area contributed by atoms with Gasteiger partial charge in [0.25, 0.3) is 0 Å². The van der Waals surface area contributed by atoms with E-state index in [1.54, 1.807) is 40.9 Å². The molecular formula is C21H13N5O2S. The third kappa shape index (κ3) is 2.57. The Morgan fingerprint density at radius 1 is 0.931 bits per heavy atom. The monoisotopic (exact) mass is 399 g/mol. The van der Waals surface area contributed by atoms with Crippen LogP contribution in [0, 0.1) is 0 Å². The summed E-state index contributed by atoms with van der Waals surface area (Å²) in [6, 6.07) is 17.5. The minimum absolute atomic E-state index is 0.286. The smallest absolute Gasteiger partial charge is 0.218 e. The summed E-state index contributed by atoms with van der Waals surface area (Å²) in [6.07, 6.45) is 3.38. The van der Waals surface area contributed by atoms with Crippen molar-refractivity contribution >= 4 is 23.2 Å². The number of hydrogen-bond acceptors (Lipinski definition) is 7. The lowest BCUT2D eigenvalue weighted by Crippen LogP contribution is -2.02. The number of benzene rings is 2. The van der Waals surface area contributed by atoms with Crippen LogP contribution >= 0.6 is 11.8 Å². The quantitative estimate of drug-likeness (QED) is 0.443. The summed E-state index contributed by atoms with van der Waals surface area (Å²) in [5, 5.41) is 4.50. The molecule has 5 aromatic rings. The Labute approximate surface area is 169 Å². The average Bonchev–Trinajstić information content (AvgIpc) is 3.41. The molecule has 8 heteroatoms. The molecule has 6 rings (SSSR count). The van der Waals surface area contributed by atoms with Crippen LogP contribution in [0.3, 0.4) is 0 Å². The lowest BCUT2D eigenvalue weighted by atomic mass is 10.1. The Hall–Kier alpha value is -3.78. The molecule has 7 nitrogen and oxygen atoms in total. The Kier molecular flexibility index (Phi) is 3.41. The standard InChI is InChI=1S/C21H13N5O2S/c22-19-21-24-20(15-7-4-10-27-15)25-26(21)11-13(23-19)12-5-3-9-17-18(12)28-14-6-1-2-8-16(14)29-17/h1-11H,(H2,22,23). The molecule has 0 saturated heterocycles. The van der Waals surface area contributed by atoms with Crippen LogP contribution in [-0.4, -0.2) is 19.6 Å². The number of rotatable bonds is 2. The number of furan rings is 1. The molecule has 140 valence electrons. The Morgan fingerprint density at radius 3 is 2.72 bits per heavy atom. The van der Waals surface area contributed by atoms with Crippen LogP contribution in [0.15, 0.2) is 81.3 Å². The number of anilines is 1. The third-order valence-corrected chi connectivity index (χ3v) is 5.72. The topological polar surface area (TPSA) is 91.5 Å². The van der Waals surface area contributed by atoms with Crippen LogP contribution in [0.2, 0.25) is 0 Å². The van der Waals surface area contributed by atoms with Gasteiger partial charge >= 0.3 is 0 Å². The van der Waals surface area contributed by atoms with Crippen LogP contribution in [-0.2, 0) is 0 Å². The van der Waals surface area contributed by atoms with Crippen molar-refractivity contribution in [2.75, 3.05) is 5.73 Å². The summed E-state index contributed by atoms with van der Waals surface area (Å²) in [5.74, 6) is 2.90. The first-order valence-electron chi connectivity index (χ1n) is 8.91. The van der Waals surface area contributed by atoms with Crippen molar-refractivity contribution in [3.05, 3.63) is 67.1 Å². The number of fused-ring (bicyclic) bond motifs is 3. The van der Waals surface area contributed by atoms with Gasteiger partial charge in [0.15, 0.2) is 23.0 Å². The van der Waals surface area contributed by atoms with Crippen LogP contribution in [0.25, 0.3) is 28.5 Å². The van der Waals surface area contributed by atoms with Crippen LogP contribution in [0.5, 0.6) is 11.5 Å². The number of nitrogens with zero attached hydrogens (tertiary/aromatic N) is 4. The number of hydrogen-bond donors (Lipinski definition) is 1. The summed E-state index contributed by atoms with van der Waals surface area (Å²) in [5.41, 5.74) is 8.18. The van der Waals surface area contributed by atoms with Gasteiger partial charge in [-0.25, -0.2) is 14.5 Å². The van der Waals surface area contributed by atoms with Gasteiger partial charge in [-0.15, -0.1) is 5.10 Å². The van der Waals surface area contributed by atoms with Crippen molar-refractivity contribution < 1.29 is 9.15 Å². The lowest BCUT2D eigenvalue weighted by Gasteiger charge is -2.21. The fourth-order valence-electron chi connectivity index (χ4n) is 3.30. The SMILES string of the molecule is Nc1nc(-c2cccc3c2Oc2ccccc2S3)cn2nc(-c3ccco3)nc12. The number of nitrogens with two attached hydrogens (primary N) is 1. The molecule has 0 saturated carbocycles. The van der Waals surface area contributed by atoms with Crippen molar-refractivity contribution in [3.8, 4) is 34.3 Å². The first kappa shape index (κ1) is 16.2. The van der Waals surface area contributed by atoms with E-state index in [-0.39, 0.29) is 5.82 Å². The molecule has 0 spiro atoms. The number of nitrogen functional groups attached to an aromatic ring is 1. The minimum atomic E-state index is 0.286. The van der Waals surface area contributed by atoms with Gasteiger partial charge in [0.2, 0.25) is 5.82 Å². The van der Waals surface area contributed by atoms with Crippen molar-refractivity contribution in [2.24, 2.45) is 0 Å². The molecule has 1 aliphatic heterocycles. The molecule has 0 aliphatic carbocycles. The molecule has 0 amide bonds. The Bertz CT molecular complexity index is 1380. The lowest BCUT2D eigenvalue weighted by molar-refractivity contribution is 0.456. The molecule has 2 N–H and O–H groups in total. The van der Waals surface area contributed by atoms with E-state index in [1.165, 1.54) is 0 Å². The maximum absolute atomic E-state index is 6.22. The van der Waals surface area contributed by atoms with Crippen molar-refractivity contribution in [1.82, 2.24) is 19.6 Å². The highest BCUT2D eigenvalue weighted by Crippen LogP contribution is 2.50. The van der Waals surface area contributed by atoms with Gasteiger partial charge in [0, 0.05) is 5.56 Å². The Morgan fingerprint density at radius 2 is 1.83 bits per heavy atom. The van der Waals surface area contributed by atoms with E-state index in [0.717, 1.165) is 26.9 Å². The summed E-state index contributed by atoms with van der Waals surface area (Å²) in [7, 11) is 0. The third-order valence-electron chi connectivity index (χ3n) is 4.62. The van der Waals surface area contributed by atoms with Gasteiger partial charge in [-0.1, -0.05) is 30.0 Å². The zero-order chi connectivity index (χ0) is 19.4. The van der Waals surface area contributed by atoms with Crippen molar-refractivity contribution in [3.63, 3.8) is 0 Å². The summed E-state index contributed by atoms with van der Waals surface area (Å²) < 4.78 is 13.2. The number of para-hydroxylation sites is 2. The first-order valence-corrected chi connectivity index (χ1v) is 9.73. The molecule has 4 heterocycles. The van der Waals surface area contributed by atoms with E-state index in [9.17, 15) is 0 Å².